The molecule has 0 amide bonds. The van der Waals surface area contributed by atoms with Gasteiger partial charge in [-0.05, 0) is 59.2 Å². The normalized spacial score (nSPS) is 11.6. The van der Waals surface area contributed by atoms with E-state index in [9.17, 15) is 0 Å². The number of nitrogens with zero attached hydrogens (tertiary/aromatic N) is 3. The Labute approximate surface area is 322 Å². The fraction of sp³-hybridized carbons (Fsp3) is 0. The van der Waals surface area contributed by atoms with Crippen molar-refractivity contribution in [1.29, 1.82) is 0 Å². The van der Waals surface area contributed by atoms with E-state index in [2.05, 4.69) is 120 Å². The van der Waals surface area contributed by atoms with Crippen LogP contribution < -0.4 is 0 Å². The molecule has 0 N–H and O–H groups in total. The highest BCUT2D eigenvalue weighted by Crippen LogP contribution is 2.42. The zero-order chi connectivity index (χ0) is 37.0. The monoisotopic (exact) mass is 717 g/mol. The van der Waals surface area contributed by atoms with Crippen LogP contribution in [0.5, 0.6) is 0 Å². The lowest BCUT2D eigenvalue weighted by atomic mass is 9.93. The Morgan fingerprint density at radius 1 is 0.339 bits per heavy atom. The van der Waals surface area contributed by atoms with Gasteiger partial charge < -0.3 is 8.83 Å². The number of furan rings is 2. The molecule has 0 radical (unpaired) electrons. The van der Waals surface area contributed by atoms with Crippen LogP contribution >= 0.6 is 0 Å². The average Bonchev–Trinajstić information content (AvgIpc) is 3.85. The first-order valence-corrected chi connectivity index (χ1v) is 18.7. The molecule has 0 saturated carbocycles. The van der Waals surface area contributed by atoms with Gasteiger partial charge in [0.1, 0.15) is 22.3 Å². The van der Waals surface area contributed by atoms with Crippen molar-refractivity contribution in [2.24, 2.45) is 0 Å². The predicted octanol–water partition coefficient (Wildman–Crippen LogP) is 13.7. The second kappa shape index (κ2) is 13.0. The summed E-state index contributed by atoms with van der Waals surface area (Å²) in [6, 6.07) is 60.6. The molecule has 0 saturated heterocycles. The molecule has 0 aliphatic rings. The van der Waals surface area contributed by atoms with Crippen LogP contribution in [0.4, 0.5) is 0 Å². The molecule has 56 heavy (non-hydrogen) atoms. The van der Waals surface area contributed by atoms with Crippen molar-refractivity contribution in [2.45, 2.75) is 0 Å². The third-order valence-electron chi connectivity index (χ3n) is 10.6. The van der Waals surface area contributed by atoms with Crippen molar-refractivity contribution in [3.05, 3.63) is 188 Å². The smallest absolute Gasteiger partial charge is 0.161 e. The van der Waals surface area contributed by atoms with Gasteiger partial charge in [-0.15, -0.1) is 0 Å². The highest BCUT2D eigenvalue weighted by Gasteiger charge is 2.20. The molecule has 7 aromatic carbocycles. The lowest BCUT2D eigenvalue weighted by Gasteiger charge is -2.15. The minimum atomic E-state index is 0.631. The second-order valence-corrected chi connectivity index (χ2v) is 14.0. The molecule has 0 bridgehead atoms. The third kappa shape index (κ3) is 5.37. The largest absolute Gasteiger partial charge is 0.455 e. The number of hydrogen-bond acceptors (Lipinski definition) is 5. The van der Waals surface area contributed by atoms with Gasteiger partial charge in [-0.3, -0.25) is 4.98 Å². The van der Waals surface area contributed by atoms with Gasteiger partial charge in [0, 0.05) is 67.3 Å². The lowest BCUT2D eigenvalue weighted by molar-refractivity contribution is 0.670. The zero-order valence-corrected chi connectivity index (χ0v) is 30.1. The molecule has 262 valence electrons. The number of rotatable bonds is 6. The van der Waals surface area contributed by atoms with Gasteiger partial charge in [0.25, 0.3) is 0 Å². The fourth-order valence-corrected chi connectivity index (χ4v) is 7.96. The van der Waals surface area contributed by atoms with Crippen molar-refractivity contribution in [1.82, 2.24) is 15.0 Å². The zero-order valence-electron chi connectivity index (χ0n) is 30.1. The summed E-state index contributed by atoms with van der Waals surface area (Å²) in [5.74, 6) is 0.631. The van der Waals surface area contributed by atoms with Crippen molar-refractivity contribution < 1.29 is 8.83 Å². The van der Waals surface area contributed by atoms with Crippen LogP contribution in [0, 0.1) is 0 Å². The van der Waals surface area contributed by atoms with Gasteiger partial charge in [-0.2, -0.15) is 0 Å². The first-order chi connectivity index (χ1) is 27.7. The Balaban J connectivity index is 1.19. The first-order valence-electron chi connectivity index (χ1n) is 18.7. The molecule has 4 heterocycles. The molecule has 11 aromatic rings. The standard InChI is InChI=1S/C51H31N3O2/c1-2-13-32(14-3-1)45-30-46(54-51(53-45)44-19-5-4-16-37(44)33-15-12-26-52-31-33)36-28-34(38-20-10-22-42-40-17-6-8-24-47(40)55-49(38)42)27-35(29-36)39-21-11-23-43-41-18-7-9-25-48(41)56-50(39)43/h1-31H. The molecular weight excluding hydrogens is 687 g/mol. The summed E-state index contributed by atoms with van der Waals surface area (Å²) in [6.45, 7) is 0. The molecule has 0 aliphatic carbocycles. The molecular formula is C51H31N3O2. The van der Waals surface area contributed by atoms with Gasteiger partial charge in [-0.1, -0.05) is 133 Å². The fourth-order valence-electron chi connectivity index (χ4n) is 7.96. The summed E-state index contributed by atoms with van der Waals surface area (Å²) in [5, 5.41) is 4.33. The van der Waals surface area contributed by atoms with Gasteiger partial charge in [0.15, 0.2) is 5.82 Å². The summed E-state index contributed by atoms with van der Waals surface area (Å²) < 4.78 is 13.2. The number of hydrogen-bond donors (Lipinski definition) is 0. The van der Waals surface area contributed by atoms with Crippen LogP contribution in [0.2, 0.25) is 0 Å². The molecule has 11 rings (SSSR count). The van der Waals surface area contributed by atoms with Crippen LogP contribution in [-0.4, -0.2) is 15.0 Å². The average molecular weight is 718 g/mol. The van der Waals surface area contributed by atoms with E-state index >= 15 is 0 Å². The SMILES string of the molecule is c1ccc(-c2cc(-c3cc(-c4cccc5c4oc4ccccc45)cc(-c4cccc5c4oc4ccccc45)c3)nc(-c3ccccc3-c3cccnc3)n2)cc1. The lowest BCUT2D eigenvalue weighted by Crippen LogP contribution is -1.98. The molecule has 5 heteroatoms. The number of aromatic nitrogens is 3. The Hall–Kier alpha value is -7.63. The maximum Gasteiger partial charge on any atom is 0.161 e. The Morgan fingerprint density at radius 3 is 1.46 bits per heavy atom. The molecule has 0 spiro atoms. The topological polar surface area (TPSA) is 65.0 Å². The summed E-state index contributed by atoms with van der Waals surface area (Å²) in [6.07, 6.45) is 3.67. The predicted molar refractivity (Wildman–Crippen MR) is 227 cm³/mol. The highest BCUT2D eigenvalue weighted by molar-refractivity contribution is 6.11. The van der Waals surface area contributed by atoms with Crippen molar-refractivity contribution in [3.63, 3.8) is 0 Å². The number of fused-ring (bicyclic) bond motifs is 6. The van der Waals surface area contributed by atoms with E-state index in [1.807, 2.05) is 66.9 Å². The first kappa shape index (κ1) is 31.9. The van der Waals surface area contributed by atoms with E-state index in [0.29, 0.717) is 5.82 Å². The molecule has 5 nitrogen and oxygen atoms in total. The van der Waals surface area contributed by atoms with Crippen molar-refractivity contribution in [2.75, 3.05) is 0 Å². The summed E-state index contributed by atoms with van der Waals surface area (Å²) in [5.41, 5.74) is 13.9. The van der Waals surface area contributed by atoms with Crippen LogP contribution in [0.15, 0.2) is 197 Å². The minimum Gasteiger partial charge on any atom is -0.455 e. The number of para-hydroxylation sites is 4. The Kier molecular flexibility index (Phi) is 7.42. The maximum atomic E-state index is 6.60. The molecule has 0 fully saturated rings. The van der Waals surface area contributed by atoms with Crippen LogP contribution in [0.3, 0.4) is 0 Å². The van der Waals surface area contributed by atoms with Gasteiger partial charge in [-0.25, -0.2) is 9.97 Å². The van der Waals surface area contributed by atoms with Crippen LogP contribution in [0.1, 0.15) is 0 Å². The van der Waals surface area contributed by atoms with E-state index in [1.54, 1.807) is 6.20 Å². The Morgan fingerprint density at radius 2 is 0.839 bits per heavy atom. The number of pyridine rings is 1. The quantitative estimate of drug-likeness (QED) is 0.171. The van der Waals surface area contributed by atoms with Crippen molar-refractivity contribution in [3.8, 4) is 67.3 Å². The molecule has 0 atom stereocenters. The van der Waals surface area contributed by atoms with Gasteiger partial charge in [0.05, 0.1) is 11.4 Å². The van der Waals surface area contributed by atoms with Crippen LogP contribution in [0.25, 0.3) is 111 Å². The van der Waals surface area contributed by atoms with E-state index in [0.717, 1.165) is 105 Å². The summed E-state index contributed by atoms with van der Waals surface area (Å²) in [4.78, 5) is 15.0. The molecule has 0 aliphatic heterocycles. The van der Waals surface area contributed by atoms with Gasteiger partial charge >= 0.3 is 0 Å². The molecule has 0 unspecified atom stereocenters. The van der Waals surface area contributed by atoms with Crippen LogP contribution in [-0.2, 0) is 0 Å². The van der Waals surface area contributed by atoms with E-state index < -0.39 is 0 Å². The maximum absolute atomic E-state index is 6.60. The van der Waals surface area contributed by atoms with E-state index in [-0.39, 0.29) is 0 Å². The van der Waals surface area contributed by atoms with E-state index in [4.69, 9.17) is 18.8 Å². The minimum absolute atomic E-state index is 0.631. The second-order valence-electron chi connectivity index (χ2n) is 14.0. The molecule has 4 aromatic heterocycles. The number of benzene rings is 7. The van der Waals surface area contributed by atoms with Gasteiger partial charge in [0.2, 0.25) is 0 Å². The summed E-state index contributed by atoms with van der Waals surface area (Å²) >= 11 is 0. The highest BCUT2D eigenvalue weighted by atomic mass is 16.3. The van der Waals surface area contributed by atoms with Crippen molar-refractivity contribution >= 4 is 43.9 Å². The third-order valence-corrected chi connectivity index (χ3v) is 10.6. The van der Waals surface area contributed by atoms with E-state index in [1.165, 1.54) is 0 Å². The Bertz CT molecular complexity index is 3120. The summed E-state index contributed by atoms with van der Waals surface area (Å²) in [7, 11) is 0.